The third-order valence-corrected chi connectivity index (χ3v) is 5.11. The Hall–Kier alpha value is -3.80. The molecule has 2 heterocycles. The number of hydrogen-bond donors (Lipinski definition) is 0. The molecule has 164 valence electrons. The van der Waals surface area contributed by atoms with Gasteiger partial charge >= 0.3 is 0 Å². The highest BCUT2D eigenvalue weighted by atomic mass is 16.6. The Morgan fingerprint density at radius 2 is 1.91 bits per heavy atom. The van der Waals surface area contributed by atoms with Gasteiger partial charge in [0, 0.05) is 30.9 Å². The van der Waals surface area contributed by atoms with Gasteiger partial charge in [0.05, 0.1) is 5.69 Å². The van der Waals surface area contributed by atoms with Gasteiger partial charge in [-0.1, -0.05) is 30.3 Å². The number of nitrogens with zero attached hydrogens (tertiary/aromatic N) is 2. The molecule has 0 spiro atoms. The summed E-state index contributed by atoms with van der Waals surface area (Å²) in [6.07, 6.45) is 5.16. The molecule has 0 radical (unpaired) electrons. The molecule has 1 amide bonds. The molecule has 0 aliphatic carbocycles. The quantitative estimate of drug-likeness (QED) is 0.493. The fourth-order valence-electron chi connectivity index (χ4n) is 3.40. The lowest BCUT2D eigenvalue weighted by atomic mass is 10.1. The molecule has 3 aromatic rings. The molecule has 2 aromatic carbocycles. The Kier molecular flexibility index (Phi) is 7.02. The lowest BCUT2D eigenvalue weighted by Crippen LogP contribution is -2.29. The van der Waals surface area contributed by atoms with E-state index in [1.807, 2.05) is 73.7 Å². The molecule has 32 heavy (non-hydrogen) atoms. The predicted molar refractivity (Wildman–Crippen MR) is 123 cm³/mol. The van der Waals surface area contributed by atoms with Gasteiger partial charge in [0.25, 0.3) is 0 Å². The Morgan fingerprint density at radius 3 is 2.69 bits per heavy atom. The number of likely N-dealkylation sites (N-methyl/N-ethyl adjacent to an activating group) is 1. The van der Waals surface area contributed by atoms with Crippen molar-refractivity contribution in [3.8, 4) is 17.2 Å². The number of hydrogen-bond acceptors (Lipinski definition) is 5. The molecule has 1 aromatic heterocycles. The first-order chi connectivity index (χ1) is 15.7. The normalized spacial score (nSPS) is 12.5. The lowest BCUT2D eigenvalue weighted by molar-refractivity contribution is -0.126. The van der Waals surface area contributed by atoms with E-state index in [0.717, 1.165) is 34.1 Å². The first kappa shape index (κ1) is 21.4. The standard InChI is InChI=1S/C26H26N2O4/c1-2-28(18-21-6-5-8-24-26(21)31-17-16-30-24)25(29)14-11-20-9-12-23(13-10-20)32-19-22-7-3-4-15-27-22/h3-15H,2,16-19H2,1H3/b14-11+. The number of pyridine rings is 1. The maximum Gasteiger partial charge on any atom is 0.246 e. The molecule has 4 rings (SSSR count). The smallest absolute Gasteiger partial charge is 0.246 e. The van der Waals surface area contributed by atoms with E-state index in [1.165, 1.54) is 0 Å². The summed E-state index contributed by atoms with van der Waals surface area (Å²) in [5.41, 5.74) is 2.74. The van der Waals surface area contributed by atoms with Crippen molar-refractivity contribution < 1.29 is 19.0 Å². The van der Waals surface area contributed by atoms with Crippen LogP contribution in [0.3, 0.4) is 0 Å². The molecule has 0 bridgehead atoms. The second-order valence-corrected chi connectivity index (χ2v) is 7.31. The summed E-state index contributed by atoms with van der Waals surface area (Å²) < 4.78 is 17.2. The molecule has 0 atom stereocenters. The summed E-state index contributed by atoms with van der Waals surface area (Å²) in [7, 11) is 0. The van der Waals surface area contributed by atoms with Gasteiger partial charge in [0.1, 0.15) is 25.6 Å². The van der Waals surface area contributed by atoms with Crippen LogP contribution in [0.4, 0.5) is 0 Å². The summed E-state index contributed by atoms with van der Waals surface area (Å²) in [4.78, 5) is 18.8. The summed E-state index contributed by atoms with van der Waals surface area (Å²) in [5, 5.41) is 0. The fourth-order valence-corrected chi connectivity index (χ4v) is 3.40. The van der Waals surface area contributed by atoms with Gasteiger partial charge in [-0.25, -0.2) is 0 Å². The average Bonchev–Trinajstić information content (AvgIpc) is 2.86. The first-order valence-corrected chi connectivity index (χ1v) is 10.7. The zero-order chi connectivity index (χ0) is 22.2. The van der Waals surface area contributed by atoms with Gasteiger partial charge in [0.15, 0.2) is 11.5 Å². The van der Waals surface area contributed by atoms with Crippen LogP contribution in [0.15, 0.2) is 72.9 Å². The largest absolute Gasteiger partial charge is 0.487 e. The number of carbonyl (C=O) groups excluding carboxylic acids is 1. The van der Waals surface area contributed by atoms with E-state index < -0.39 is 0 Å². The van der Waals surface area contributed by atoms with Gasteiger partial charge in [-0.05, 0) is 48.9 Å². The Balaban J connectivity index is 1.35. The zero-order valence-electron chi connectivity index (χ0n) is 18.1. The highest BCUT2D eigenvalue weighted by molar-refractivity contribution is 5.91. The Morgan fingerprint density at radius 1 is 1.06 bits per heavy atom. The number of ether oxygens (including phenoxy) is 3. The van der Waals surface area contributed by atoms with Crippen LogP contribution in [-0.4, -0.2) is 35.5 Å². The minimum atomic E-state index is -0.0580. The van der Waals surface area contributed by atoms with Crippen LogP contribution >= 0.6 is 0 Å². The highest BCUT2D eigenvalue weighted by Crippen LogP contribution is 2.34. The van der Waals surface area contributed by atoms with Crippen LogP contribution in [0.2, 0.25) is 0 Å². The molecule has 0 saturated carbocycles. The Labute approximate surface area is 188 Å². The van der Waals surface area contributed by atoms with Crippen LogP contribution in [0, 0.1) is 0 Å². The van der Waals surface area contributed by atoms with Crippen molar-refractivity contribution in [1.82, 2.24) is 9.88 Å². The van der Waals surface area contributed by atoms with Crippen LogP contribution < -0.4 is 14.2 Å². The second kappa shape index (κ2) is 10.5. The third kappa shape index (κ3) is 5.46. The minimum absolute atomic E-state index is 0.0580. The molecule has 0 N–H and O–H groups in total. The van der Waals surface area contributed by atoms with Crippen LogP contribution in [0.25, 0.3) is 6.08 Å². The molecule has 1 aliphatic rings. The Bertz CT molecular complexity index is 1060. The van der Waals surface area contributed by atoms with Gasteiger partial charge in [0.2, 0.25) is 5.91 Å². The third-order valence-electron chi connectivity index (χ3n) is 5.11. The number of aromatic nitrogens is 1. The van der Waals surface area contributed by atoms with Crippen molar-refractivity contribution in [3.63, 3.8) is 0 Å². The van der Waals surface area contributed by atoms with Crippen LogP contribution in [0.1, 0.15) is 23.7 Å². The van der Waals surface area contributed by atoms with E-state index in [4.69, 9.17) is 14.2 Å². The topological polar surface area (TPSA) is 60.9 Å². The molecule has 6 nitrogen and oxygen atoms in total. The van der Waals surface area contributed by atoms with Crippen molar-refractivity contribution in [2.45, 2.75) is 20.1 Å². The van der Waals surface area contributed by atoms with Crippen molar-refractivity contribution >= 4 is 12.0 Å². The number of rotatable bonds is 8. The van der Waals surface area contributed by atoms with Gasteiger partial charge in [-0.2, -0.15) is 0 Å². The number of carbonyl (C=O) groups is 1. The summed E-state index contributed by atoms with van der Waals surface area (Å²) in [6.45, 7) is 4.50. The lowest BCUT2D eigenvalue weighted by Gasteiger charge is -2.24. The van der Waals surface area contributed by atoms with E-state index in [1.54, 1.807) is 17.2 Å². The van der Waals surface area contributed by atoms with E-state index in [2.05, 4.69) is 4.98 Å². The summed E-state index contributed by atoms with van der Waals surface area (Å²) >= 11 is 0. The maximum atomic E-state index is 12.8. The molecule has 0 fully saturated rings. The van der Waals surface area contributed by atoms with E-state index in [-0.39, 0.29) is 5.91 Å². The molecule has 1 aliphatic heterocycles. The van der Waals surface area contributed by atoms with Crippen molar-refractivity contribution in [3.05, 3.63) is 89.8 Å². The number of amides is 1. The molecule has 0 unspecified atom stereocenters. The number of fused-ring (bicyclic) bond motifs is 1. The van der Waals surface area contributed by atoms with E-state index >= 15 is 0 Å². The van der Waals surface area contributed by atoms with E-state index in [0.29, 0.717) is 32.9 Å². The molecule has 6 heteroatoms. The second-order valence-electron chi connectivity index (χ2n) is 7.31. The van der Waals surface area contributed by atoms with Crippen molar-refractivity contribution in [2.24, 2.45) is 0 Å². The van der Waals surface area contributed by atoms with Gasteiger partial charge in [-0.15, -0.1) is 0 Å². The van der Waals surface area contributed by atoms with Crippen LogP contribution in [-0.2, 0) is 17.9 Å². The van der Waals surface area contributed by atoms with Crippen LogP contribution in [0.5, 0.6) is 17.2 Å². The molecular weight excluding hydrogens is 404 g/mol. The van der Waals surface area contributed by atoms with Crippen molar-refractivity contribution in [1.29, 1.82) is 0 Å². The monoisotopic (exact) mass is 430 g/mol. The average molecular weight is 431 g/mol. The SMILES string of the molecule is CCN(Cc1cccc2c1OCCO2)C(=O)/C=C/c1ccc(OCc2ccccn2)cc1. The fraction of sp³-hybridized carbons (Fsp3) is 0.231. The maximum absolute atomic E-state index is 12.8. The highest BCUT2D eigenvalue weighted by Gasteiger charge is 2.18. The first-order valence-electron chi connectivity index (χ1n) is 10.7. The molecule has 0 saturated heterocycles. The predicted octanol–water partition coefficient (Wildman–Crippen LogP) is 4.49. The van der Waals surface area contributed by atoms with Gasteiger partial charge in [-0.3, -0.25) is 9.78 Å². The number of para-hydroxylation sites is 1. The van der Waals surface area contributed by atoms with E-state index in [9.17, 15) is 4.79 Å². The molecular formula is C26H26N2O4. The van der Waals surface area contributed by atoms with Gasteiger partial charge < -0.3 is 19.1 Å². The van der Waals surface area contributed by atoms with Crippen molar-refractivity contribution in [2.75, 3.05) is 19.8 Å². The minimum Gasteiger partial charge on any atom is -0.487 e. The number of benzene rings is 2. The zero-order valence-corrected chi connectivity index (χ0v) is 18.1. The summed E-state index contributed by atoms with van der Waals surface area (Å²) in [5.74, 6) is 2.16. The summed E-state index contributed by atoms with van der Waals surface area (Å²) in [6, 6.07) is 19.1.